The van der Waals surface area contributed by atoms with E-state index >= 15 is 0 Å². The molecule has 2 aliphatic rings. The van der Waals surface area contributed by atoms with Crippen molar-refractivity contribution in [3.05, 3.63) is 34.3 Å². The Balaban J connectivity index is 1.90. The molecule has 1 aromatic rings. The van der Waals surface area contributed by atoms with Crippen LogP contribution in [0.1, 0.15) is 17.9 Å². The lowest BCUT2D eigenvalue weighted by Gasteiger charge is -2.23. The number of carbonyl (C=O) groups is 3. The standard InChI is InChI=1S/C15H14BrNO4S/c1-2-21-15(20)11-12(18)10-7-22-14(17(10)13(11)19)8-4-3-5-9(16)6-8/h3-6,10-11,14H,2,7H2,1H3. The second-order valence-electron chi connectivity index (χ2n) is 5.09. The lowest BCUT2D eigenvalue weighted by atomic mass is 10.0. The lowest BCUT2D eigenvalue weighted by molar-refractivity contribution is -0.154. The molecular formula is C15H14BrNO4S. The van der Waals surface area contributed by atoms with Crippen molar-refractivity contribution >= 4 is 45.4 Å². The van der Waals surface area contributed by atoms with Crippen LogP contribution in [-0.4, -0.2) is 41.0 Å². The van der Waals surface area contributed by atoms with E-state index in [9.17, 15) is 14.4 Å². The first-order valence-corrected chi connectivity index (χ1v) is 8.78. The van der Waals surface area contributed by atoms with Crippen LogP contribution in [0.2, 0.25) is 0 Å². The van der Waals surface area contributed by atoms with Crippen LogP contribution in [0.15, 0.2) is 28.7 Å². The Hall–Kier alpha value is -1.34. The van der Waals surface area contributed by atoms with Gasteiger partial charge in [-0.3, -0.25) is 14.4 Å². The molecule has 0 radical (unpaired) electrons. The number of benzene rings is 1. The van der Waals surface area contributed by atoms with Crippen LogP contribution in [0.3, 0.4) is 0 Å². The van der Waals surface area contributed by atoms with Crippen molar-refractivity contribution < 1.29 is 19.1 Å². The number of hydrogen-bond acceptors (Lipinski definition) is 5. The van der Waals surface area contributed by atoms with Gasteiger partial charge in [-0.2, -0.15) is 0 Å². The molecule has 2 heterocycles. The average molecular weight is 384 g/mol. The van der Waals surface area contributed by atoms with Crippen molar-refractivity contribution in [3.8, 4) is 0 Å². The van der Waals surface area contributed by atoms with Crippen molar-refractivity contribution in [1.82, 2.24) is 4.90 Å². The van der Waals surface area contributed by atoms with Gasteiger partial charge in [0.1, 0.15) is 11.4 Å². The highest BCUT2D eigenvalue weighted by atomic mass is 79.9. The van der Waals surface area contributed by atoms with E-state index in [0.717, 1.165) is 10.0 Å². The van der Waals surface area contributed by atoms with Gasteiger partial charge >= 0.3 is 5.97 Å². The third-order valence-electron chi connectivity index (χ3n) is 3.77. The zero-order chi connectivity index (χ0) is 15.9. The molecule has 1 amide bonds. The van der Waals surface area contributed by atoms with Gasteiger partial charge < -0.3 is 9.64 Å². The Morgan fingerprint density at radius 2 is 2.23 bits per heavy atom. The van der Waals surface area contributed by atoms with E-state index in [4.69, 9.17) is 4.74 Å². The first-order valence-electron chi connectivity index (χ1n) is 6.94. The molecule has 0 aromatic heterocycles. The van der Waals surface area contributed by atoms with E-state index < -0.39 is 23.8 Å². The van der Waals surface area contributed by atoms with E-state index in [1.165, 1.54) is 4.90 Å². The van der Waals surface area contributed by atoms with Gasteiger partial charge in [-0.1, -0.05) is 28.1 Å². The third-order valence-corrected chi connectivity index (χ3v) is 5.59. The summed E-state index contributed by atoms with van der Waals surface area (Å²) in [7, 11) is 0. The van der Waals surface area contributed by atoms with Crippen molar-refractivity contribution in [1.29, 1.82) is 0 Å². The fourth-order valence-corrected chi connectivity index (χ4v) is 4.67. The van der Waals surface area contributed by atoms with Crippen molar-refractivity contribution in [2.45, 2.75) is 18.3 Å². The van der Waals surface area contributed by atoms with Crippen LogP contribution in [0.25, 0.3) is 0 Å². The van der Waals surface area contributed by atoms with Gasteiger partial charge in [0, 0.05) is 10.2 Å². The molecule has 22 heavy (non-hydrogen) atoms. The molecule has 3 rings (SSSR count). The topological polar surface area (TPSA) is 63.7 Å². The maximum atomic E-state index is 12.6. The number of amides is 1. The number of Topliss-reactive ketones (excluding diaryl/α,β-unsaturated/α-hetero) is 1. The number of rotatable bonds is 3. The Morgan fingerprint density at radius 1 is 1.45 bits per heavy atom. The number of fused-ring (bicyclic) bond motifs is 1. The molecule has 7 heteroatoms. The number of ether oxygens (including phenoxy) is 1. The van der Waals surface area contributed by atoms with Crippen LogP contribution in [-0.2, 0) is 19.1 Å². The van der Waals surface area contributed by atoms with E-state index in [1.807, 2.05) is 24.3 Å². The second kappa shape index (κ2) is 6.04. The van der Waals surface area contributed by atoms with Crippen LogP contribution in [0, 0.1) is 5.92 Å². The van der Waals surface area contributed by atoms with Crippen LogP contribution < -0.4 is 0 Å². The number of carbonyl (C=O) groups excluding carboxylic acids is 3. The molecule has 0 aliphatic carbocycles. The quantitative estimate of drug-likeness (QED) is 0.590. The van der Waals surface area contributed by atoms with E-state index in [0.29, 0.717) is 5.75 Å². The molecule has 0 spiro atoms. The summed E-state index contributed by atoms with van der Waals surface area (Å²) in [6, 6.07) is 7.10. The normalized spacial score (nSPS) is 27.2. The maximum absolute atomic E-state index is 12.6. The highest BCUT2D eigenvalue weighted by Gasteiger charge is 2.57. The van der Waals surface area contributed by atoms with Crippen LogP contribution in [0.5, 0.6) is 0 Å². The Labute approximate surface area is 140 Å². The fraction of sp³-hybridized carbons (Fsp3) is 0.400. The average Bonchev–Trinajstić information content (AvgIpc) is 3.01. The fourth-order valence-electron chi connectivity index (χ4n) is 2.82. The third kappa shape index (κ3) is 2.46. The van der Waals surface area contributed by atoms with Crippen molar-refractivity contribution in [2.75, 3.05) is 12.4 Å². The van der Waals surface area contributed by atoms with Gasteiger partial charge in [-0.25, -0.2) is 0 Å². The number of ketones is 1. The van der Waals surface area contributed by atoms with Gasteiger partial charge in [0.15, 0.2) is 11.7 Å². The molecule has 2 aliphatic heterocycles. The molecule has 3 atom stereocenters. The number of nitrogens with zero attached hydrogens (tertiary/aromatic N) is 1. The first kappa shape index (κ1) is 15.6. The number of thioether (sulfide) groups is 1. The molecule has 0 bridgehead atoms. The highest BCUT2D eigenvalue weighted by Crippen LogP contribution is 2.46. The summed E-state index contributed by atoms with van der Waals surface area (Å²) in [6.07, 6.45) is 0. The summed E-state index contributed by atoms with van der Waals surface area (Å²) in [5.74, 6) is -2.29. The molecule has 2 saturated heterocycles. The van der Waals surface area contributed by atoms with E-state index in [1.54, 1.807) is 18.7 Å². The molecule has 1 aromatic carbocycles. The van der Waals surface area contributed by atoms with Crippen LogP contribution >= 0.6 is 27.7 Å². The summed E-state index contributed by atoms with van der Waals surface area (Å²) in [6.45, 7) is 1.81. The van der Waals surface area contributed by atoms with Crippen LogP contribution in [0.4, 0.5) is 0 Å². The van der Waals surface area contributed by atoms with Crippen molar-refractivity contribution in [3.63, 3.8) is 0 Å². The molecule has 0 N–H and O–H groups in total. The number of esters is 1. The number of halogens is 1. The molecule has 2 fully saturated rings. The summed E-state index contributed by atoms with van der Waals surface area (Å²) in [5.41, 5.74) is 0.938. The minimum Gasteiger partial charge on any atom is -0.465 e. The maximum Gasteiger partial charge on any atom is 0.326 e. The summed E-state index contributed by atoms with van der Waals surface area (Å²) >= 11 is 4.95. The molecule has 0 saturated carbocycles. The Morgan fingerprint density at radius 3 is 2.91 bits per heavy atom. The van der Waals surface area contributed by atoms with Gasteiger partial charge in [0.2, 0.25) is 5.91 Å². The SMILES string of the molecule is CCOC(=O)C1C(=O)C2CSC(c3cccc(Br)c3)N2C1=O. The second-order valence-corrected chi connectivity index (χ2v) is 7.12. The zero-order valence-corrected chi connectivity index (χ0v) is 14.2. The minimum absolute atomic E-state index is 0.157. The van der Waals surface area contributed by atoms with E-state index in [2.05, 4.69) is 15.9 Å². The van der Waals surface area contributed by atoms with E-state index in [-0.39, 0.29) is 17.8 Å². The predicted octanol–water partition coefficient (Wildman–Crippen LogP) is 2.15. The zero-order valence-electron chi connectivity index (χ0n) is 11.8. The molecular weight excluding hydrogens is 370 g/mol. The molecule has 116 valence electrons. The smallest absolute Gasteiger partial charge is 0.326 e. The largest absolute Gasteiger partial charge is 0.465 e. The molecule has 3 unspecified atom stereocenters. The summed E-state index contributed by atoms with van der Waals surface area (Å²) < 4.78 is 5.78. The summed E-state index contributed by atoms with van der Waals surface area (Å²) in [5, 5.41) is -0.238. The molecule has 5 nitrogen and oxygen atoms in total. The lowest BCUT2D eigenvalue weighted by Crippen LogP contribution is -2.33. The number of hydrogen-bond donors (Lipinski definition) is 0. The van der Waals surface area contributed by atoms with Crippen molar-refractivity contribution in [2.24, 2.45) is 5.92 Å². The summed E-state index contributed by atoms with van der Waals surface area (Å²) in [4.78, 5) is 38.4. The highest BCUT2D eigenvalue weighted by molar-refractivity contribution is 9.10. The first-order chi connectivity index (χ1) is 10.5. The van der Waals surface area contributed by atoms with Gasteiger partial charge in [-0.05, 0) is 24.6 Å². The Bertz CT molecular complexity index is 650. The monoisotopic (exact) mass is 383 g/mol. The van der Waals surface area contributed by atoms with Gasteiger partial charge in [-0.15, -0.1) is 11.8 Å². The predicted molar refractivity (Wildman–Crippen MR) is 85.1 cm³/mol. The van der Waals surface area contributed by atoms with Gasteiger partial charge in [0.05, 0.1) is 6.61 Å². The van der Waals surface area contributed by atoms with Gasteiger partial charge in [0.25, 0.3) is 0 Å². The Kier molecular flexibility index (Phi) is 4.27. The minimum atomic E-state index is -1.29.